The van der Waals surface area contributed by atoms with Gasteiger partial charge in [-0.1, -0.05) is 61.8 Å². The third-order valence-electron chi connectivity index (χ3n) is 12.8. The van der Waals surface area contributed by atoms with Gasteiger partial charge in [-0.3, -0.25) is 0 Å². The first-order valence-electron chi connectivity index (χ1n) is 16.7. The first-order valence-corrected chi connectivity index (χ1v) is 25.3. The van der Waals surface area contributed by atoms with Crippen LogP contribution in [0.15, 0.2) is 12.1 Å². The molecule has 1 aromatic carbocycles. The molecule has 0 radical (unpaired) electrons. The van der Waals surface area contributed by atoms with Crippen molar-refractivity contribution in [3.8, 4) is 0 Å². The van der Waals surface area contributed by atoms with Crippen molar-refractivity contribution in [2.45, 2.75) is 164 Å². The number of hydrogen-bond donors (Lipinski definition) is 0. The Kier molecular flexibility index (Phi) is 6.77. The molecule has 12 atom stereocenters. The van der Waals surface area contributed by atoms with E-state index in [1.54, 1.807) is 10.4 Å². The maximum absolute atomic E-state index is 7.16. The van der Waals surface area contributed by atoms with Gasteiger partial charge in [-0.2, -0.15) is 0 Å². The van der Waals surface area contributed by atoms with E-state index in [0.29, 0.717) is 25.7 Å². The van der Waals surface area contributed by atoms with Gasteiger partial charge in [-0.25, -0.2) is 0 Å². The summed E-state index contributed by atoms with van der Waals surface area (Å²) in [4.78, 5) is 0. The second-order valence-corrected chi connectivity index (χ2v) is 29.0. The highest BCUT2D eigenvalue weighted by Crippen LogP contribution is 2.70. The van der Waals surface area contributed by atoms with Crippen LogP contribution in [0.25, 0.3) is 0 Å². The molecule has 8 bridgehead atoms. The molecule has 0 aromatic heterocycles. The summed E-state index contributed by atoms with van der Waals surface area (Å²) in [5.41, 5.74) is -0.105. The first-order chi connectivity index (χ1) is 20.0. The minimum Gasteiger partial charge on any atom is -0.345 e. The Morgan fingerprint density at radius 1 is 0.591 bits per heavy atom. The highest BCUT2D eigenvalue weighted by Gasteiger charge is 2.79. The van der Waals surface area contributed by atoms with E-state index in [2.05, 4.69) is 111 Å². The molecular weight excluding hydrogens is 622 g/mol. The van der Waals surface area contributed by atoms with Crippen LogP contribution in [0.4, 0.5) is 0 Å². The van der Waals surface area contributed by atoms with Gasteiger partial charge in [0, 0.05) is 25.7 Å². The van der Waals surface area contributed by atoms with Gasteiger partial charge in [0.15, 0.2) is 24.2 Å². The lowest BCUT2D eigenvalue weighted by Gasteiger charge is -2.74. The third kappa shape index (κ3) is 3.88. The summed E-state index contributed by atoms with van der Waals surface area (Å²) in [5.74, 6) is -1.32. The van der Waals surface area contributed by atoms with Crippen molar-refractivity contribution in [1.82, 2.24) is 0 Å². The third-order valence-corrected chi connectivity index (χ3v) is 18.3. The van der Waals surface area contributed by atoms with Gasteiger partial charge in [0.1, 0.15) is 0 Å². The van der Waals surface area contributed by atoms with Gasteiger partial charge >= 0.3 is 0 Å². The molecule has 6 nitrogen and oxygen atoms in total. The highest BCUT2D eigenvalue weighted by molar-refractivity contribution is 7.16. The Bertz CT molecular complexity index is 1270. The number of ether oxygens (including phenoxy) is 6. The average Bonchev–Trinajstić information content (AvgIpc) is 2.79. The molecule has 8 heterocycles. The van der Waals surface area contributed by atoms with E-state index in [9.17, 15) is 0 Å². The van der Waals surface area contributed by atoms with Crippen molar-refractivity contribution in [2.24, 2.45) is 0 Å². The monoisotopic (exact) mass is 678 g/mol. The standard InChI is InChI=1S/C34H56O6P2Si2/c1-27-15-25-35-29(3,17-31(5,37-25)39-27)33(27,19-41)21-13-23(43(7,8)9)24(44(10,11)12)14-22(21)34(20-42)28(2)16-26-36-30(34,4)18-32(6,38-26)40-28/h13-14,25-26H,15-20,41-42H2,1-12H3. The summed E-state index contributed by atoms with van der Waals surface area (Å²) < 4.78 is 41.1. The largest absolute Gasteiger partial charge is 0.345 e. The van der Waals surface area contributed by atoms with Crippen molar-refractivity contribution in [3.63, 3.8) is 0 Å². The van der Waals surface area contributed by atoms with Gasteiger partial charge in [0.05, 0.1) is 49.4 Å². The molecule has 246 valence electrons. The van der Waals surface area contributed by atoms with Crippen molar-refractivity contribution in [2.75, 3.05) is 12.3 Å². The fourth-order valence-corrected chi connectivity index (χ4v) is 18.8. The van der Waals surface area contributed by atoms with E-state index in [4.69, 9.17) is 28.4 Å². The van der Waals surface area contributed by atoms with Crippen LogP contribution < -0.4 is 10.4 Å². The van der Waals surface area contributed by atoms with Crippen molar-refractivity contribution in [1.29, 1.82) is 0 Å². The van der Waals surface area contributed by atoms with Crippen LogP contribution in [0.3, 0.4) is 0 Å². The summed E-state index contributed by atoms with van der Waals surface area (Å²) in [7, 11) is 2.74. The van der Waals surface area contributed by atoms with Gasteiger partial charge in [0.25, 0.3) is 0 Å². The molecule has 8 aliphatic heterocycles. The van der Waals surface area contributed by atoms with Crippen LogP contribution in [0.1, 0.15) is 78.4 Å². The number of benzene rings is 1. The molecule has 10 heteroatoms. The Balaban J connectivity index is 1.62. The normalized spacial score (nSPS) is 51.0. The van der Waals surface area contributed by atoms with Crippen molar-refractivity contribution in [3.05, 3.63) is 23.3 Å². The summed E-state index contributed by atoms with van der Waals surface area (Å²) in [6.45, 7) is 28.6. The van der Waals surface area contributed by atoms with E-state index in [0.717, 1.165) is 12.3 Å². The first kappa shape index (κ1) is 32.8. The summed E-state index contributed by atoms with van der Waals surface area (Å²) in [5, 5.41) is 3.15. The Morgan fingerprint density at radius 3 is 1.18 bits per heavy atom. The van der Waals surface area contributed by atoms with Crippen LogP contribution in [-0.4, -0.2) is 75.0 Å². The summed E-state index contributed by atoms with van der Waals surface area (Å²) in [6, 6.07) is 5.32. The zero-order valence-electron chi connectivity index (χ0n) is 29.2. The molecule has 12 unspecified atom stereocenters. The molecule has 0 saturated carbocycles. The SMILES string of the molecule is CC12CC3(C)OC(CC(C)(O1)C3(CP)c1cc([Si](C)(C)C)c([Si](C)(C)C)cc1C1(CP)C3(C)CC4(C)OC(CC1(C)O4)O3)O2. The van der Waals surface area contributed by atoms with Crippen LogP contribution in [0.5, 0.6) is 0 Å². The maximum Gasteiger partial charge on any atom is 0.172 e. The average molecular weight is 679 g/mol. The summed E-state index contributed by atoms with van der Waals surface area (Å²) in [6.07, 6.45) is 3.87. The van der Waals surface area contributed by atoms with Crippen LogP contribution in [0, 0.1) is 0 Å². The van der Waals surface area contributed by atoms with E-state index < -0.39 is 61.0 Å². The lowest BCUT2D eigenvalue weighted by atomic mass is 9.47. The van der Waals surface area contributed by atoms with Gasteiger partial charge in [-0.05, 0) is 65.0 Å². The van der Waals surface area contributed by atoms with E-state index in [1.165, 1.54) is 11.1 Å². The second-order valence-electron chi connectivity index (χ2n) is 18.1. The van der Waals surface area contributed by atoms with Gasteiger partial charge < -0.3 is 28.4 Å². The van der Waals surface area contributed by atoms with Crippen molar-refractivity contribution >= 4 is 45.0 Å². The maximum atomic E-state index is 7.16. The molecule has 0 amide bonds. The van der Waals surface area contributed by atoms with Crippen LogP contribution >= 0.6 is 18.5 Å². The molecule has 9 rings (SSSR count). The topological polar surface area (TPSA) is 55.4 Å². The lowest BCUT2D eigenvalue weighted by molar-refractivity contribution is -0.501. The van der Waals surface area contributed by atoms with E-state index in [1.807, 2.05) is 0 Å². The Hall–Kier alpha value is 0.274. The molecule has 0 spiro atoms. The zero-order chi connectivity index (χ0) is 32.4. The molecule has 0 aliphatic carbocycles. The number of hydrogen-bond acceptors (Lipinski definition) is 6. The van der Waals surface area contributed by atoms with Crippen molar-refractivity contribution < 1.29 is 28.4 Å². The zero-order valence-corrected chi connectivity index (χ0v) is 33.5. The molecule has 0 N–H and O–H groups in total. The predicted molar refractivity (Wildman–Crippen MR) is 188 cm³/mol. The molecule has 1 aromatic rings. The predicted octanol–water partition coefficient (Wildman–Crippen LogP) is 5.86. The second kappa shape index (κ2) is 9.08. The molecule has 44 heavy (non-hydrogen) atoms. The highest BCUT2D eigenvalue weighted by atomic mass is 31.0. The minimum absolute atomic E-state index is 0.265. The Labute approximate surface area is 272 Å². The fraction of sp³-hybridized carbons (Fsp3) is 0.824. The molecule has 8 saturated heterocycles. The van der Waals surface area contributed by atoms with E-state index in [-0.39, 0.29) is 12.6 Å². The van der Waals surface area contributed by atoms with E-state index >= 15 is 0 Å². The fourth-order valence-electron chi connectivity index (χ4n) is 11.5. The smallest absolute Gasteiger partial charge is 0.172 e. The quantitative estimate of drug-likeness (QED) is 0.278. The van der Waals surface area contributed by atoms with Crippen LogP contribution in [0.2, 0.25) is 39.3 Å². The molecular formula is C34H56O6P2Si2. The lowest BCUT2D eigenvalue weighted by Crippen LogP contribution is -2.83. The Morgan fingerprint density at radius 2 is 0.932 bits per heavy atom. The molecule has 8 aliphatic rings. The molecule has 8 fully saturated rings. The minimum atomic E-state index is -1.79. The van der Waals surface area contributed by atoms with Gasteiger partial charge in [-0.15, -0.1) is 18.5 Å². The summed E-state index contributed by atoms with van der Waals surface area (Å²) >= 11 is 0. The van der Waals surface area contributed by atoms with Crippen LogP contribution in [-0.2, 0) is 39.3 Å². The van der Waals surface area contributed by atoms with Gasteiger partial charge in [0.2, 0.25) is 0 Å². The number of rotatable bonds is 6.